The van der Waals surface area contributed by atoms with E-state index in [1.165, 1.54) is 24.3 Å². The number of nitrogens with one attached hydrogen (secondary N) is 1. The molecule has 2 aromatic rings. The van der Waals surface area contributed by atoms with Gasteiger partial charge in [0.05, 0.1) is 6.54 Å². The van der Waals surface area contributed by atoms with Crippen LogP contribution in [0, 0.1) is 5.82 Å². The number of ether oxygens (including phenoxy) is 2. The third-order valence-corrected chi connectivity index (χ3v) is 4.02. The summed E-state index contributed by atoms with van der Waals surface area (Å²) in [5, 5.41) is 2.84. The highest BCUT2D eigenvalue weighted by atomic mass is 19.1. The van der Waals surface area contributed by atoms with Crippen LogP contribution in [0.15, 0.2) is 54.6 Å². The summed E-state index contributed by atoms with van der Waals surface area (Å²) >= 11 is 0. The van der Waals surface area contributed by atoms with E-state index in [9.17, 15) is 9.18 Å². The van der Waals surface area contributed by atoms with E-state index in [1.54, 1.807) is 7.11 Å². The Bertz CT molecular complexity index is 639. The lowest BCUT2D eigenvalue weighted by Gasteiger charge is -2.32. The second-order valence-corrected chi connectivity index (χ2v) is 5.44. The molecule has 0 bridgehead atoms. The molecule has 24 heavy (non-hydrogen) atoms. The molecule has 0 fully saturated rings. The third-order valence-electron chi connectivity index (χ3n) is 4.02. The molecule has 0 heterocycles. The summed E-state index contributed by atoms with van der Waals surface area (Å²) < 4.78 is 23.9. The molecule has 0 aliphatic heterocycles. The average molecular weight is 331 g/mol. The van der Waals surface area contributed by atoms with Gasteiger partial charge >= 0.3 is 0 Å². The smallest absolute Gasteiger partial charge is 0.258 e. The number of amides is 1. The van der Waals surface area contributed by atoms with Gasteiger partial charge in [-0.3, -0.25) is 4.79 Å². The number of carbonyl (C=O) groups excluding carboxylic acids is 1. The fraction of sp³-hybridized carbons (Fsp3) is 0.316. The Morgan fingerprint density at radius 2 is 1.79 bits per heavy atom. The van der Waals surface area contributed by atoms with E-state index < -0.39 is 5.60 Å². The summed E-state index contributed by atoms with van der Waals surface area (Å²) in [5.41, 5.74) is 0.432. The van der Waals surface area contributed by atoms with Crippen LogP contribution in [0.5, 0.6) is 5.75 Å². The predicted octanol–water partition coefficient (Wildman–Crippen LogP) is 3.27. The highest BCUT2D eigenvalue weighted by Crippen LogP contribution is 2.28. The van der Waals surface area contributed by atoms with Crippen LogP contribution in [0.25, 0.3) is 0 Å². The molecule has 0 spiro atoms. The average Bonchev–Trinajstić information content (AvgIpc) is 2.63. The Kier molecular flexibility index (Phi) is 6.32. The van der Waals surface area contributed by atoms with E-state index in [4.69, 9.17) is 9.47 Å². The molecule has 1 unspecified atom stereocenters. The van der Waals surface area contributed by atoms with Gasteiger partial charge in [-0.2, -0.15) is 0 Å². The molecule has 0 saturated carbocycles. The molecule has 5 heteroatoms. The lowest BCUT2D eigenvalue weighted by Crippen LogP contribution is -2.43. The molecule has 0 saturated heterocycles. The maximum Gasteiger partial charge on any atom is 0.258 e. The van der Waals surface area contributed by atoms with Crippen LogP contribution in [-0.2, 0) is 15.1 Å². The topological polar surface area (TPSA) is 47.6 Å². The Hall–Kier alpha value is -2.40. The fourth-order valence-corrected chi connectivity index (χ4v) is 2.48. The summed E-state index contributed by atoms with van der Waals surface area (Å²) in [6, 6.07) is 15.3. The van der Waals surface area contributed by atoms with Crippen molar-refractivity contribution in [1.29, 1.82) is 0 Å². The minimum Gasteiger partial charge on any atom is -0.484 e. The number of benzene rings is 2. The van der Waals surface area contributed by atoms with Gasteiger partial charge in [-0.05, 0) is 36.2 Å². The molecular weight excluding hydrogens is 309 g/mol. The third kappa shape index (κ3) is 4.55. The Morgan fingerprint density at radius 1 is 1.12 bits per heavy atom. The van der Waals surface area contributed by atoms with Gasteiger partial charge in [0.25, 0.3) is 5.91 Å². The zero-order chi connectivity index (χ0) is 17.4. The summed E-state index contributed by atoms with van der Waals surface area (Å²) in [5.74, 6) is -0.157. The van der Waals surface area contributed by atoms with Crippen molar-refractivity contribution in [3.8, 4) is 5.75 Å². The van der Waals surface area contributed by atoms with Crippen LogP contribution >= 0.6 is 0 Å². The second kappa shape index (κ2) is 8.45. The zero-order valence-electron chi connectivity index (χ0n) is 13.9. The van der Waals surface area contributed by atoms with Crippen molar-refractivity contribution >= 4 is 5.91 Å². The van der Waals surface area contributed by atoms with Gasteiger partial charge < -0.3 is 14.8 Å². The number of rotatable bonds is 8. The molecule has 2 rings (SSSR count). The van der Waals surface area contributed by atoms with Gasteiger partial charge in [0.2, 0.25) is 0 Å². The molecule has 1 amide bonds. The first-order chi connectivity index (χ1) is 11.6. The van der Waals surface area contributed by atoms with Crippen molar-refractivity contribution in [2.75, 3.05) is 20.3 Å². The second-order valence-electron chi connectivity index (χ2n) is 5.44. The van der Waals surface area contributed by atoms with Crippen molar-refractivity contribution in [2.45, 2.75) is 18.9 Å². The molecule has 0 aromatic heterocycles. The maximum absolute atomic E-state index is 12.8. The first kappa shape index (κ1) is 17.9. The Labute approximate surface area is 141 Å². The highest BCUT2D eigenvalue weighted by molar-refractivity contribution is 5.77. The van der Waals surface area contributed by atoms with Crippen LogP contribution in [-0.4, -0.2) is 26.2 Å². The normalized spacial score (nSPS) is 13.1. The lowest BCUT2D eigenvalue weighted by atomic mass is 9.90. The number of carbonyl (C=O) groups is 1. The molecule has 2 aromatic carbocycles. The zero-order valence-corrected chi connectivity index (χ0v) is 13.9. The molecule has 1 N–H and O–H groups in total. The van der Waals surface area contributed by atoms with Crippen LogP contribution in [0.4, 0.5) is 4.39 Å². The number of hydrogen-bond donors (Lipinski definition) is 1. The molecule has 0 radical (unpaired) electrons. The fourth-order valence-electron chi connectivity index (χ4n) is 2.48. The summed E-state index contributed by atoms with van der Waals surface area (Å²) in [6.45, 7) is 2.22. The van der Waals surface area contributed by atoms with Crippen molar-refractivity contribution in [1.82, 2.24) is 5.32 Å². The van der Waals surface area contributed by atoms with Gasteiger partial charge in [0.15, 0.2) is 6.61 Å². The molecular formula is C19H22FNO3. The lowest BCUT2D eigenvalue weighted by molar-refractivity contribution is -0.125. The Morgan fingerprint density at radius 3 is 2.38 bits per heavy atom. The molecule has 128 valence electrons. The van der Waals surface area contributed by atoms with E-state index in [0.29, 0.717) is 18.7 Å². The van der Waals surface area contributed by atoms with Crippen molar-refractivity contribution in [2.24, 2.45) is 0 Å². The SMILES string of the molecule is CCC(CNC(=O)COc1ccc(F)cc1)(OC)c1ccccc1. The number of methoxy groups -OCH3 is 1. The van der Waals surface area contributed by atoms with E-state index in [2.05, 4.69) is 5.32 Å². The number of halogens is 1. The quantitative estimate of drug-likeness (QED) is 0.807. The van der Waals surface area contributed by atoms with Gasteiger partial charge in [-0.1, -0.05) is 37.3 Å². The first-order valence-electron chi connectivity index (χ1n) is 7.85. The largest absolute Gasteiger partial charge is 0.484 e. The predicted molar refractivity (Wildman–Crippen MR) is 90.3 cm³/mol. The summed E-state index contributed by atoms with van der Waals surface area (Å²) in [6.07, 6.45) is 0.715. The van der Waals surface area contributed by atoms with Crippen molar-refractivity contribution < 1.29 is 18.7 Å². The monoisotopic (exact) mass is 331 g/mol. The van der Waals surface area contributed by atoms with E-state index >= 15 is 0 Å². The first-order valence-corrected chi connectivity index (χ1v) is 7.85. The Balaban J connectivity index is 1.92. The van der Waals surface area contributed by atoms with Gasteiger partial charge in [-0.15, -0.1) is 0 Å². The summed E-state index contributed by atoms with van der Waals surface area (Å²) in [4.78, 5) is 12.0. The molecule has 0 aliphatic rings. The van der Waals surface area contributed by atoms with Crippen LogP contribution in [0.3, 0.4) is 0 Å². The van der Waals surface area contributed by atoms with Gasteiger partial charge in [-0.25, -0.2) is 4.39 Å². The van der Waals surface area contributed by atoms with Crippen molar-refractivity contribution in [3.05, 3.63) is 66.0 Å². The van der Waals surface area contributed by atoms with Gasteiger partial charge in [0, 0.05) is 7.11 Å². The molecule has 1 atom stereocenters. The summed E-state index contributed by atoms with van der Waals surface area (Å²) in [7, 11) is 1.64. The van der Waals surface area contributed by atoms with E-state index in [-0.39, 0.29) is 18.3 Å². The standard InChI is InChI=1S/C19H22FNO3/c1-3-19(23-2,15-7-5-4-6-8-15)14-21-18(22)13-24-17-11-9-16(20)10-12-17/h4-12H,3,13-14H2,1-2H3,(H,21,22). The number of hydrogen-bond acceptors (Lipinski definition) is 3. The minimum absolute atomic E-state index is 0.135. The van der Waals surface area contributed by atoms with Crippen LogP contribution < -0.4 is 10.1 Å². The van der Waals surface area contributed by atoms with E-state index in [1.807, 2.05) is 37.3 Å². The molecule has 4 nitrogen and oxygen atoms in total. The van der Waals surface area contributed by atoms with Gasteiger partial charge in [0.1, 0.15) is 17.2 Å². The van der Waals surface area contributed by atoms with Crippen LogP contribution in [0.2, 0.25) is 0 Å². The highest BCUT2D eigenvalue weighted by Gasteiger charge is 2.30. The molecule has 0 aliphatic carbocycles. The minimum atomic E-state index is -0.577. The maximum atomic E-state index is 12.8. The van der Waals surface area contributed by atoms with E-state index in [0.717, 1.165) is 5.56 Å². The van der Waals surface area contributed by atoms with Crippen molar-refractivity contribution in [3.63, 3.8) is 0 Å². The van der Waals surface area contributed by atoms with Crippen LogP contribution in [0.1, 0.15) is 18.9 Å².